The first-order valence-corrected chi connectivity index (χ1v) is 7.66. The van der Waals surface area contributed by atoms with Gasteiger partial charge in [0, 0.05) is 22.6 Å². The fraction of sp³-hybridized carbons (Fsp3) is 0.222. The van der Waals surface area contributed by atoms with Crippen molar-refractivity contribution in [3.63, 3.8) is 0 Å². The van der Waals surface area contributed by atoms with Crippen LogP contribution in [0.5, 0.6) is 0 Å². The predicted octanol–water partition coefficient (Wildman–Crippen LogP) is 1.26. The van der Waals surface area contributed by atoms with Crippen LogP contribution in [0.2, 0.25) is 0 Å². The molecule has 0 aliphatic carbocycles. The molecule has 132 valence electrons. The molecule has 2 rings (SSSR count). The maximum atomic E-state index is 12.6. The Morgan fingerprint density at radius 2 is 1.76 bits per heavy atom. The smallest absolute Gasteiger partial charge is 0.256 e. The number of aliphatic hydroxyl groups is 2. The van der Waals surface area contributed by atoms with Gasteiger partial charge in [0.25, 0.3) is 5.91 Å². The second-order valence-electron chi connectivity index (χ2n) is 5.79. The van der Waals surface area contributed by atoms with E-state index in [9.17, 15) is 14.7 Å². The van der Waals surface area contributed by atoms with Crippen LogP contribution in [0.3, 0.4) is 0 Å². The summed E-state index contributed by atoms with van der Waals surface area (Å²) in [6, 6.07) is 7.95. The van der Waals surface area contributed by atoms with E-state index in [2.05, 4.69) is 5.32 Å². The molecule has 0 aliphatic rings. The van der Waals surface area contributed by atoms with Gasteiger partial charge in [0.1, 0.15) is 6.10 Å². The Hall–Kier alpha value is -2.90. The van der Waals surface area contributed by atoms with E-state index in [0.29, 0.717) is 22.6 Å². The van der Waals surface area contributed by atoms with Crippen LogP contribution in [0.15, 0.2) is 30.3 Å². The Labute approximate surface area is 145 Å². The number of anilines is 3. The van der Waals surface area contributed by atoms with E-state index < -0.39 is 24.4 Å². The van der Waals surface area contributed by atoms with Crippen LogP contribution in [-0.2, 0) is 0 Å². The zero-order chi connectivity index (χ0) is 18.7. The lowest BCUT2D eigenvalue weighted by molar-refractivity contribution is 0.0584. The zero-order valence-electron chi connectivity index (χ0n) is 14.0. The monoisotopic (exact) mass is 343 g/mol. The van der Waals surface area contributed by atoms with Crippen molar-refractivity contribution in [2.24, 2.45) is 0 Å². The van der Waals surface area contributed by atoms with E-state index in [-0.39, 0.29) is 11.1 Å². The van der Waals surface area contributed by atoms with Gasteiger partial charge in [0.2, 0.25) is 0 Å². The van der Waals surface area contributed by atoms with Crippen LogP contribution >= 0.6 is 0 Å². The third kappa shape index (κ3) is 3.78. The van der Waals surface area contributed by atoms with Crippen LogP contribution < -0.4 is 16.8 Å². The van der Waals surface area contributed by atoms with Gasteiger partial charge in [-0.15, -0.1) is 0 Å². The SMILES string of the molecule is Cc1cc(NC(=O)c2ccc(N)c(C)c2C(=O)C(O)CO)ccc1N. The molecule has 0 radical (unpaired) electrons. The number of aryl methyl sites for hydroxylation is 1. The standard InChI is InChI=1S/C18H21N3O4/c1-9-7-11(3-5-13(9)19)21-18(25)12-4-6-14(20)10(2)16(12)17(24)15(23)8-22/h3-7,15,22-23H,8,19-20H2,1-2H3,(H,21,25). The van der Waals surface area contributed by atoms with Gasteiger partial charge in [-0.25, -0.2) is 0 Å². The summed E-state index contributed by atoms with van der Waals surface area (Å²) in [6.07, 6.45) is -1.62. The van der Waals surface area contributed by atoms with E-state index in [1.54, 1.807) is 25.1 Å². The second-order valence-corrected chi connectivity index (χ2v) is 5.79. The van der Waals surface area contributed by atoms with Gasteiger partial charge >= 0.3 is 0 Å². The Morgan fingerprint density at radius 1 is 1.12 bits per heavy atom. The molecule has 0 bridgehead atoms. The average molecular weight is 343 g/mol. The molecule has 1 unspecified atom stereocenters. The molecule has 2 aromatic rings. The molecule has 2 aromatic carbocycles. The Bertz CT molecular complexity index is 833. The highest BCUT2D eigenvalue weighted by atomic mass is 16.3. The number of nitrogens with two attached hydrogens (primary N) is 2. The number of aliphatic hydroxyl groups excluding tert-OH is 2. The summed E-state index contributed by atoms with van der Waals surface area (Å²) in [5.41, 5.74) is 14.2. The quantitative estimate of drug-likeness (QED) is 0.409. The van der Waals surface area contributed by atoms with Crippen LogP contribution in [-0.4, -0.2) is 34.6 Å². The summed E-state index contributed by atoms with van der Waals surface area (Å²) in [6.45, 7) is 2.65. The minimum atomic E-state index is -1.62. The van der Waals surface area contributed by atoms with E-state index in [1.165, 1.54) is 12.1 Å². The molecule has 7 nitrogen and oxygen atoms in total. The number of nitrogens with one attached hydrogen (secondary N) is 1. The van der Waals surface area contributed by atoms with Gasteiger partial charge < -0.3 is 27.0 Å². The molecule has 25 heavy (non-hydrogen) atoms. The van der Waals surface area contributed by atoms with Crippen LogP contribution in [0.4, 0.5) is 17.1 Å². The maximum absolute atomic E-state index is 12.6. The molecule has 1 amide bonds. The molecule has 0 saturated heterocycles. The fourth-order valence-corrected chi connectivity index (χ4v) is 2.44. The zero-order valence-corrected chi connectivity index (χ0v) is 14.0. The van der Waals surface area contributed by atoms with Crippen molar-refractivity contribution in [1.29, 1.82) is 0 Å². The van der Waals surface area contributed by atoms with Crippen molar-refractivity contribution < 1.29 is 19.8 Å². The first kappa shape index (κ1) is 18.4. The summed E-state index contributed by atoms with van der Waals surface area (Å²) < 4.78 is 0. The molecular formula is C18H21N3O4. The predicted molar refractivity (Wildman–Crippen MR) is 96.6 cm³/mol. The van der Waals surface area contributed by atoms with Gasteiger partial charge in [-0.2, -0.15) is 0 Å². The van der Waals surface area contributed by atoms with E-state index in [4.69, 9.17) is 16.6 Å². The van der Waals surface area contributed by atoms with E-state index in [0.717, 1.165) is 5.56 Å². The van der Waals surface area contributed by atoms with Crippen molar-refractivity contribution in [2.45, 2.75) is 20.0 Å². The first-order chi connectivity index (χ1) is 11.8. The Kier molecular flexibility index (Phi) is 5.41. The first-order valence-electron chi connectivity index (χ1n) is 7.66. The van der Waals surface area contributed by atoms with Crippen molar-refractivity contribution in [1.82, 2.24) is 0 Å². The lowest BCUT2D eigenvalue weighted by atomic mass is 9.93. The summed E-state index contributed by atoms with van der Waals surface area (Å²) in [7, 11) is 0. The number of amides is 1. The summed E-state index contributed by atoms with van der Waals surface area (Å²) in [5.74, 6) is -1.29. The number of hydrogen-bond acceptors (Lipinski definition) is 6. The van der Waals surface area contributed by atoms with Gasteiger partial charge in [0.05, 0.1) is 12.2 Å². The molecule has 0 heterocycles. The molecule has 0 aliphatic heterocycles. The van der Waals surface area contributed by atoms with Crippen LogP contribution in [0.25, 0.3) is 0 Å². The van der Waals surface area contributed by atoms with E-state index in [1.807, 2.05) is 6.92 Å². The minimum Gasteiger partial charge on any atom is -0.399 e. The maximum Gasteiger partial charge on any atom is 0.256 e. The second kappa shape index (κ2) is 7.33. The molecular weight excluding hydrogens is 322 g/mol. The number of ketones is 1. The van der Waals surface area contributed by atoms with Gasteiger partial charge in [-0.05, 0) is 55.3 Å². The molecule has 0 fully saturated rings. The summed E-state index contributed by atoms with van der Waals surface area (Å²) in [5, 5.41) is 21.4. The molecule has 0 aromatic heterocycles. The number of carbonyl (C=O) groups is 2. The van der Waals surface area contributed by atoms with Gasteiger partial charge in [-0.1, -0.05) is 0 Å². The fourth-order valence-electron chi connectivity index (χ4n) is 2.44. The van der Waals surface area contributed by atoms with Crippen molar-refractivity contribution in [3.05, 3.63) is 52.6 Å². The number of carbonyl (C=O) groups excluding carboxylic acids is 2. The molecule has 7 N–H and O–H groups in total. The minimum absolute atomic E-state index is 0.00813. The molecule has 1 atom stereocenters. The van der Waals surface area contributed by atoms with Crippen LogP contribution in [0.1, 0.15) is 31.8 Å². The normalized spacial score (nSPS) is 11.8. The average Bonchev–Trinajstić information content (AvgIpc) is 2.58. The van der Waals surface area contributed by atoms with Crippen molar-refractivity contribution in [2.75, 3.05) is 23.4 Å². The van der Waals surface area contributed by atoms with Gasteiger partial charge in [0.15, 0.2) is 5.78 Å². The number of benzene rings is 2. The highest BCUT2D eigenvalue weighted by Crippen LogP contribution is 2.24. The van der Waals surface area contributed by atoms with Crippen molar-refractivity contribution >= 4 is 28.8 Å². The van der Waals surface area contributed by atoms with E-state index >= 15 is 0 Å². The number of rotatable bonds is 5. The lowest BCUT2D eigenvalue weighted by Gasteiger charge is -2.16. The van der Waals surface area contributed by atoms with Crippen LogP contribution in [0, 0.1) is 13.8 Å². The number of nitrogen functional groups attached to an aromatic ring is 2. The Balaban J connectivity index is 2.43. The lowest BCUT2D eigenvalue weighted by Crippen LogP contribution is -2.28. The largest absolute Gasteiger partial charge is 0.399 e. The summed E-state index contributed by atoms with van der Waals surface area (Å²) in [4.78, 5) is 25.0. The third-order valence-electron chi connectivity index (χ3n) is 4.00. The number of Topliss-reactive ketones (excluding diaryl/α,β-unsaturated/α-hetero) is 1. The highest BCUT2D eigenvalue weighted by Gasteiger charge is 2.25. The van der Waals surface area contributed by atoms with Crippen molar-refractivity contribution in [3.8, 4) is 0 Å². The molecule has 0 spiro atoms. The third-order valence-corrected chi connectivity index (χ3v) is 4.00. The Morgan fingerprint density at radius 3 is 2.36 bits per heavy atom. The molecule has 0 saturated carbocycles. The summed E-state index contributed by atoms with van der Waals surface area (Å²) >= 11 is 0. The number of hydrogen-bond donors (Lipinski definition) is 5. The topological polar surface area (TPSA) is 139 Å². The highest BCUT2D eigenvalue weighted by molar-refractivity contribution is 6.15. The molecule has 7 heteroatoms. The van der Waals surface area contributed by atoms with Gasteiger partial charge in [-0.3, -0.25) is 9.59 Å².